The summed E-state index contributed by atoms with van der Waals surface area (Å²) < 4.78 is 11.7. The van der Waals surface area contributed by atoms with Crippen LogP contribution in [0.15, 0.2) is 58.2 Å². The highest BCUT2D eigenvalue weighted by molar-refractivity contribution is 5.71. The van der Waals surface area contributed by atoms with Crippen molar-refractivity contribution in [3.05, 3.63) is 76.2 Å². The number of nitrogens with one attached hydrogen (secondary N) is 1. The third-order valence-corrected chi connectivity index (χ3v) is 7.44. The Morgan fingerprint density at radius 2 is 2.09 bits per heavy atom. The van der Waals surface area contributed by atoms with Gasteiger partial charge in [-0.15, -0.1) is 0 Å². The zero-order valence-corrected chi connectivity index (χ0v) is 20.4. The van der Waals surface area contributed by atoms with E-state index in [0.29, 0.717) is 32.3 Å². The van der Waals surface area contributed by atoms with Gasteiger partial charge in [0.2, 0.25) is 0 Å². The van der Waals surface area contributed by atoms with Crippen molar-refractivity contribution in [1.82, 2.24) is 15.4 Å². The summed E-state index contributed by atoms with van der Waals surface area (Å²) in [5, 5.41) is 16.8. The highest BCUT2D eigenvalue weighted by atomic mass is 16.5. The van der Waals surface area contributed by atoms with Gasteiger partial charge < -0.3 is 14.4 Å². The first kappa shape index (κ1) is 24.0. The Balaban J connectivity index is 1.08. The van der Waals surface area contributed by atoms with Crippen LogP contribution < -0.4 is 5.32 Å². The smallest absolute Gasteiger partial charge is 0.309 e. The number of hydrogen-bond acceptors (Lipinski definition) is 6. The van der Waals surface area contributed by atoms with Crippen molar-refractivity contribution in [2.75, 3.05) is 32.9 Å². The summed E-state index contributed by atoms with van der Waals surface area (Å²) >= 11 is 0. The van der Waals surface area contributed by atoms with Crippen molar-refractivity contribution >= 4 is 5.97 Å². The number of ether oxygens (including phenoxy) is 1. The maximum absolute atomic E-state index is 11.1. The molecule has 35 heavy (non-hydrogen) atoms. The predicted octanol–water partition coefficient (Wildman–Crippen LogP) is 3.92. The zero-order chi connectivity index (χ0) is 24.2. The summed E-state index contributed by atoms with van der Waals surface area (Å²) in [5.41, 5.74) is 6.20. The van der Waals surface area contributed by atoms with Gasteiger partial charge in [0.05, 0.1) is 19.3 Å². The number of fused-ring (bicyclic) bond motifs is 3. The van der Waals surface area contributed by atoms with Gasteiger partial charge in [-0.05, 0) is 49.3 Å². The minimum absolute atomic E-state index is 0.214. The quantitative estimate of drug-likeness (QED) is 0.375. The van der Waals surface area contributed by atoms with E-state index in [0.717, 1.165) is 50.2 Å². The molecule has 1 saturated heterocycles. The van der Waals surface area contributed by atoms with Crippen LogP contribution in [-0.2, 0) is 29.0 Å². The molecule has 1 aliphatic heterocycles. The number of hydrogen-bond donors (Lipinski definition) is 2. The van der Waals surface area contributed by atoms with Crippen molar-refractivity contribution in [3.63, 3.8) is 0 Å². The van der Waals surface area contributed by atoms with E-state index < -0.39 is 5.97 Å². The van der Waals surface area contributed by atoms with Crippen LogP contribution in [0.1, 0.15) is 48.3 Å². The van der Waals surface area contributed by atoms with Crippen molar-refractivity contribution in [3.8, 4) is 0 Å². The molecule has 2 aliphatic carbocycles. The summed E-state index contributed by atoms with van der Waals surface area (Å²) in [5.74, 6) is 0.661. The van der Waals surface area contributed by atoms with Crippen molar-refractivity contribution in [2.24, 2.45) is 11.8 Å². The molecule has 2 N–H and O–H groups in total. The van der Waals surface area contributed by atoms with Crippen LogP contribution in [0.3, 0.4) is 0 Å². The van der Waals surface area contributed by atoms with Crippen molar-refractivity contribution < 1.29 is 19.2 Å². The van der Waals surface area contributed by atoms with Crippen LogP contribution in [0.5, 0.6) is 0 Å². The number of aryl methyl sites for hydroxylation is 1. The fourth-order valence-corrected chi connectivity index (χ4v) is 5.60. The monoisotopic (exact) mass is 477 g/mol. The molecule has 2 aromatic rings. The number of rotatable bonds is 11. The molecule has 0 saturated carbocycles. The minimum atomic E-state index is -0.686. The fraction of sp³-hybridized carbons (Fsp3) is 0.500. The zero-order valence-electron chi connectivity index (χ0n) is 20.4. The Labute approximate surface area is 206 Å². The van der Waals surface area contributed by atoms with E-state index in [4.69, 9.17) is 14.4 Å². The van der Waals surface area contributed by atoms with Gasteiger partial charge in [-0.25, -0.2) is 0 Å². The first-order valence-electron chi connectivity index (χ1n) is 12.7. The Kier molecular flexibility index (Phi) is 7.46. The molecule has 2 heterocycles. The van der Waals surface area contributed by atoms with Crippen LogP contribution in [0.2, 0.25) is 0 Å². The summed E-state index contributed by atoms with van der Waals surface area (Å²) in [7, 11) is 0. The molecule has 1 aromatic carbocycles. The minimum Gasteiger partial charge on any atom is -0.481 e. The molecule has 2 unspecified atom stereocenters. The standard InChI is InChI=1S/C28H35N3O4/c1-19-12-21(14-31-15-23(16-31)28(32)33)13-22-9-10-24-25(30-35-27(24)26(19)22)17-34-18-29-11-5-8-20-6-3-2-4-7-20/h2-4,6-7,12-13,19,23,26,29H,5,8-11,14-18H2,1H3,(H,32,33). The van der Waals surface area contributed by atoms with Gasteiger partial charge in [0.1, 0.15) is 11.5 Å². The van der Waals surface area contributed by atoms with Gasteiger partial charge in [0.15, 0.2) is 0 Å². The lowest BCUT2D eigenvalue weighted by Gasteiger charge is -2.38. The first-order chi connectivity index (χ1) is 17.1. The number of carbonyl (C=O) groups is 1. The largest absolute Gasteiger partial charge is 0.481 e. The summed E-state index contributed by atoms with van der Waals surface area (Å²) in [4.78, 5) is 13.3. The maximum Gasteiger partial charge on any atom is 0.309 e. The average molecular weight is 478 g/mol. The number of nitrogens with zero attached hydrogens (tertiary/aromatic N) is 2. The molecule has 0 radical (unpaired) electrons. The molecule has 1 aromatic heterocycles. The summed E-state index contributed by atoms with van der Waals surface area (Å²) in [6.45, 7) is 6.24. The lowest BCUT2D eigenvalue weighted by Crippen LogP contribution is -2.50. The number of carboxylic acid groups (broad SMARTS) is 1. The van der Waals surface area contributed by atoms with Crippen molar-refractivity contribution in [2.45, 2.75) is 45.1 Å². The van der Waals surface area contributed by atoms with Gasteiger partial charge in [0, 0.05) is 31.1 Å². The van der Waals surface area contributed by atoms with E-state index in [2.05, 4.69) is 58.7 Å². The normalized spacial score (nSPS) is 22.1. The van der Waals surface area contributed by atoms with E-state index >= 15 is 0 Å². The highest BCUT2D eigenvalue weighted by Gasteiger charge is 2.37. The van der Waals surface area contributed by atoms with Crippen LogP contribution >= 0.6 is 0 Å². The number of allylic oxidation sites excluding steroid dienone is 2. The second-order valence-electron chi connectivity index (χ2n) is 10.1. The molecule has 5 rings (SSSR count). The van der Waals surface area contributed by atoms with E-state index in [9.17, 15) is 4.79 Å². The topological polar surface area (TPSA) is 87.8 Å². The SMILES string of the molecule is CC1C=C(CN2CC(C(=O)O)C2)C=C2CCc3c(COCNCCCc4ccccc4)noc3C21. The summed E-state index contributed by atoms with van der Waals surface area (Å²) in [6.07, 6.45) is 8.69. The molecule has 0 spiro atoms. The van der Waals surface area contributed by atoms with Crippen LogP contribution in [0, 0.1) is 11.8 Å². The third-order valence-electron chi connectivity index (χ3n) is 7.44. The van der Waals surface area contributed by atoms with E-state index in [1.807, 2.05) is 6.07 Å². The van der Waals surface area contributed by atoms with E-state index in [-0.39, 0.29) is 11.8 Å². The molecule has 186 valence electrons. The second kappa shape index (κ2) is 10.9. The lowest BCUT2D eigenvalue weighted by atomic mass is 9.72. The van der Waals surface area contributed by atoms with E-state index in [1.165, 1.54) is 22.3 Å². The Hall–Kier alpha value is -2.74. The van der Waals surface area contributed by atoms with Crippen LogP contribution in [-0.4, -0.2) is 54.0 Å². The molecule has 7 nitrogen and oxygen atoms in total. The molecule has 3 aliphatic rings. The predicted molar refractivity (Wildman–Crippen MR) is 133 cm³/mol. The molecule has 1 fully saturated rings. The van der Waals surface area contributed by atoms with Gasteiger partial charge in [-0.3, -0.25) is 15.0 Å². The number of likely N-dealkylation sites (tertiary alicyclic amines) is 1. The molecule has 2 atom stereocenters. The average Bonchev–Trinajstić information content (AvgIpc) is 3.23. The van der Waals surface area contributed by atoms with E-state index in [1.54, 1.807) is 0 Å². The van der Waals surface area contributed by atoms with Gasteiger partial charge in [-0.1, -0.05) is 60.1 Å². The molecule has 0 amide bonds. The lowest BCUT2D eigenvalue weighted by molar-refractivity contribution is -0.147. The highest BCUT2D eigenvalue weighted by Crippen LogP contribution is 2.45. The Bertz CT molecular complexity index is 1080. The Morgan fingerprint density at radius 1 is 1.26 bits per heavy atom. The third kappa shape index (κ3) is 5.58. The van der Waals surface area contributed by atoms with Crippen LogP contribution in [0.25, 0.3) is 0 Å². The number of aromatic nitrogens is 1. The van der Waals surface area contributed by atoms with Crippen molar-refractivity contribution in [1.29, 1.82) is 0 Å². The maximum atomic E-state index is 11.1. The molecule has 0 bridgehead atoms. The number of aliphatic carboxylic acids is 1. The molecular formula is C28H35N3O4. The first-order valence-corrected chi connectivity index (χ1v) is 12.7. The number of carboxylic acids is 1. The second-order valence-corrected chi connectivity index (χ2v) is 10.1. The van der Waals surface area contributed by atoms with Gasteiger partial charge in [0.25, 0.3) is 0 Å². The summed E-state index contributed by atoms with van der Waals surface area (Å²) in [6, 6.07) is 10.5. The van der Waals surface area contributed by atoms with Gasteiger partial charge >= 0.3 is 5.97 Å². The Morgan fingerprint density at radius 3 is 2.89 bits per heavy atom. The number of benzene rings is 1. The fourth-order valence-electron chi connectivity index (χ4n) is 5.60. The molecule has 7 heteroatoms. The van der Waals surface area contributed by atoms with Crippen LogP contribution in [0.4, 0.5) is 0 Å². The molecular weight excluding hydrogens is 442 g/mol. The van der Waals surface area contributed by atoms with Gasteiger partial charge in [-0.2, -0.15) is 0 Å².